The van der Waals surface area contributed by atoms with Gasteiger partial charge in [-0.05, 0) is 29.8 Å². The average molecular weight is 627 g/mol. The minimum Gasteiger partial charge on any atom is -0.497 e. The van der Waals surface area contributed by atoms with Gasteiger partial charge in [-0.3, -0.25) is 28.2 Å². The van der Waals surface area contributed by atoms with Gasteiger partial charge in [0.15, 0.2) is 11.2 Å². The molecular formula is C28H32BrN7O5. The van der Waals surface area contributed by atoms with Crippen molar-refractivity contribution in [3.8, 4) is 11.5 Å². The van der Waals surface area contributed by atoms with E-state index in [1.165, 1.54) is 11.6 Å². The van der Waals surface area contributed by atoms with Gasteiger partial charge in [-0.15, -0.1) is 0 Å². The highest BCUT2D eigenvalue weighted by Crippen LogP contribution is 2.29. The number of imidazole rings is 1. The Morgan fingerprint density at radius 2 is 1.68 bits per heavy atom. The second-order valence-corrected chi connectivity index (χ2v) is 10.8. The van der Waals surface area contributed by atoms with Crippen LogP contribution in [0.5, 0.6) is 11.5 Å². The standard InChI is InChI=1S/C28H32BrN7O5/c1-32-25-24(26(38)33(2)28(32)39)36(16-18-5-7-19(29)8-6-18)27(31-25)35-13-11-34(12-14-35)17-23(37)30-21-10-9-20(40-3)15-22(21)41-4/h5-10,15H,11-14,16-17H2,1-4H3,(H,30,37). The highest BCUT2D eigenvalue weighted by atomic mass is 79.9. The van der Waals surface area contributed by atoms with Crippen molar-refractivity contribution in [2.24, 2.45) is 14.1 Å². The lowest BCUT2D eigenvalue weighted by Crippen LogP contribution is -2.49. The van der Waals surface area contributed by atoms with Gasteiger partial charge in [0.25, 0.3) is 5.56 Å². The number of nitrogens with zero attached hydrogens (tertiary/aromatic N) is 6. The highest BCUT2D eigenvalue weighted by Gasteiger charge is 2.26. The maximum absolute atomic E-state index is 13.3. The molecule has 1 N–H and O–H groups in total. The number of aromatic nitrogens is 4. The molecule has 0 unspecified atom stereocenters. The summed E-state index contributed by atoms with van der Waals surface area (Å²) < 4.78 is 16.0. The number of benzene rings is 2. The molecule has 0 spiro atoms. The third-order valence-corrected chi connectivity index (χ3v) is 7.82. The number of hydrogen-bond acceptors (Lipinski definition) is 8. The number of rotatable bonds is 8. The van der Waals surface area contributed by atoms with E-state index >= 15 is 0 Å². The SMILES string of the molecule is COc1ccc(NC(=O)CN2CCN(c3nc4c(c(=O)n(C)c(=O)n4C)n3Cc3ccc(Br)cc3)CC2)c(OC)c1. The van der Waals surface area contributed by atoms with Crippen molar-refractivity contribution in [2.75, 3.05) is 57.2 Å². The van der Waals surface area contributed by atoms with E-state index < -0.39 is 5.69 Å². The van der Waals surface area contributed by atoms with Crippen LogP contribution in [0.15, 0.2) is 56.5 Å². The summed E-state index contributed by atoms with van der Waals surface area (Å²) in [4.78, 5) is 47.7. The van der Waals surface area contributed by atoms with Crippen LogP contribution in [0.1, 0.15) is 5.56 Å². The maximum Gasteiger partial charge on any atom is 0.332 e. The van der Waals surface area contributed by atoms with Gasteiger partial charge in [0.2, 0.25) is 11.9 Å². The summed E-state index contributed by atoms with van der Waals surface area (Å²) in [7, 11) is 6.22. The summed E-state index contributed by atoms with van der Waals surface area (Å²) in [6.45, 7) is 3.05. The van der Waals surface area contributed by atoms with Crippen molar-refractivity contribution in [3.63, 3.8) is 0 Å². The van der Waals surface area contributed by atoms with E-state index in [2.05, 4.69) is 31.0 Å². The number of carbonyl (C=O) groups excluding carboxylic acids is 1. The quantitative estimate of drug-likeness (QED) is 0.316. The van der Waals surface area contributed by atoms with Gasteiger partial charge in [0, 0.05) is 50.8 Å². The fraction of sp³-hybridized carbons (Fsp3) is 0.357. The Kier molecular flexibility index (Phi) is 8.18. The molecule has 1 aliphatic rings. The van der Waals surface area contributed by atoms with Gasteiger partial charge >= 0.3 is 5.69 Å². The summed E-state index contributed by atoms with van der Waals surface area (Å²) in [5.41, 5.74) is 1.48. The fourth-order valence-corrected chi connectivity index (χ4v) is 5.26. The van der Waals surface area contributed by atoms with Crippen molar-refractivity contribution >= 4 is 44.6 Å². The van der Waals surface area contributed by atoms with Crippen LogP contribution >= 0.6 is 15.9 Å². The Bertz CT molecular complexity index is 1700. The molecule has 5 rings (SSSR count). The number of halogens is 1. The van der Waals surface area contributed by atoms with Gasteiger partial charge in [-0.1, -0.05) is 28.1 Å². The molecule has 12 nitrogen and oxygen atoms in total. The number of anilines is 2. The van der Waals surface area contributed by atoms with Crippen LogP contribution in [0.2, 0.25) is 0 Å². The van der Waals surface area contributed by atoms with Crippen LogP contribution in [-0.2, 0) is 25.4 Å². The van der Waals surface area contributed by atoms with E-state index in [-0.39, 0.29) is 18.0 Å². The Morgan fingerprint density at radius 1 is 0.976 bits per heavy atom. The molecule has 41 heavy (non-hydrogen) atoms. The smallest absolute Gasteiger partial charge is 0.332 e. The maximum atomic E-state index is 13.3. The summed E-state index contributed by atoms with van der Waals surface area (Å²) in [5, 5.41) is 2.92. The molecule has 0 saturated carbocycles. The van der Waals surface area contributed by atoms with Gasteiger partial charge in [0.1, 0.15) is 11.5 Å². The Labute approximate surface area is 244 Å². The summed E-state index contributed by atoms with van der Waals surface area (Å²) in [6.07, 6.45) is 0. The van der Waals surface area contributed by atoms with E-state index in [1.807, 2.05) is 28.8 Å². The van der Waals surface area contributed by atoms with E-state index in [4.69, 9.17) is 14.5 Å². The first-order chi connectivity index (χ1) is 19.7. The van der Waals surface area contributed by atoms with Crippen molar-refractivity contribution < 1.29 is 14.3 Å². The second-order valence-electron chi connectivity index (χ2n) is 9.88. The Balaban J connectivity index is 1.35. The third kappa shape index (κ3) is 5.72. The molecule has 0 radical (unpaired) electrons. The monoisotopic (exact) mass is 625 g/mol. The number of fused-ring (bicyclic) bond motifs is 1. The van der Waals surface area contributed by atoms with Crippen LogP contribution in [0.25, 0.3) is 11.2 Å². The molecule has 0 atom stereocenters. The molecule has 4 aromatic rings. The average Bonchev–Trinajstić information content (AvgIpc) is 3.35. The molecule has 2 aromatic carbocycles. The lowest BCUT2D eigenvalue weighted by Gasteiger charge is -2.35. The zero-order valence-electron chi connectivity index (χ0n) is 23.4. The molecule has 216 valence electrons. The largest absolute Gasteiger partial charge is 0.497 e. The summed E-state index contributed by atoms with van der Waals surface area (Å²) in [6, 6.07) is 13.1. The van der Waals surface area contributed by atoms with Crippen LogP contribution in [0.3, 0.4) is 0 Å². The van der Waals surface area contributed by atoms with E-state index in [0.29, 0.717) is 67.0 Å². The minimum atomic E-state index is -0.424. The van der Waals surface area contributed by atoms with E-state index in [1.54, 1.807) is 39.5 Å². The number of hydrogen-bond donors (Lipinski definition) is 1. The van der Waals surface area contributed by atoms with Crippen molar-refractivity contribution in [2.45, 2.75) is 6.54 Å². The van der Waals surface area contributed by atoms with Gasteiger partial charge < -0.3 is 19.7 Å². The van der Waals surface area contributed by atoms with Crippen molar-refractivity contribution in [1.82, 2.24) is 23.6 Å². The molecule has 1 aliphatic heterocycles. The predicted octanol–water partition coefficient (Wildman–Crippen LogP) is 2.02. The van der Waals surface area contributed by atoms with Gasteiger partial charge in [-0.2, -0.15) is 4.98 Å². The lowest BCUT2D eigenvalue weighted by molar-refractivity contribution is -0.117. The molecule has 13 heteroatoms. The molecule has 2 aromatic heterocycles. The minimum absolute atomic E-state index is 0.150. The van der Waals surface area contributed by atoms with Gasteiger partial charge in [-0.25, -0.2) is 4.79 Å². The molecule has 1 saturated heterocycles. The molecule has 0 bridgehead atoms. The van der Waals surface area contributed by atoms with Crippen molar-refractivity contribution in [3.05, 3.63) is 73.3 Å². The third-order valence-electron chi connectivity index (χ3n) is 7.29. The second kappa shape index (κ2) is 11.8. The first-order valence-corrected chi connectivity index (χ1v) is 13.9. The first kappa shape index (κ1) is 28.4. The highest BCUT2D eigenvalue weighted by molar-refractivity contribution is 9.10. The molecule has 3 heterocycles. The Morgan fingerprint density at radius 3 is 2.34 bits per heavy atom. The number of ether oxygens (including phenoxy) is 2. The van der Waals surface area contributed by atoms with Crippen LogP contribution in [-0.4, -0.2) is 76.4 Å². The predicted molar refractivity (Wildman–Crippen MR) is 160 cm³/mol. The zero-order valence-corrected chi connectivity index (χ0v) is 25.0. The number of aryl methyl sites for hydroxylation is 1. The van der Waals surface area contributed by atoms with Crippen LogP contribution < -0.4 is 30.9 Å². The molecular weight excluding hydrogens is 594 g/mol. The normalized spacial score (nSPS) is 13.9. The Hall–Kier alpha value is -4.10. The first-order valence-electron chi connectivity index (χ1n) is 13.1. The number of amides is 1. The topological polar surface area (TPSA) is 116 Å². The lowest BCUT2D eigenvalue weighted by atomic mass is 10.2. The molecule has 0 aliphatic carbocycles. The number of carbonyl (C=O) groups is 1. The summed E-state index contributed by atoms with van der Waals surface area (Å²) in [5.74, 6) is 1.63. The van der Waals surface area contributed by atoms with Crippen LogP contribution in [0.4, 0.5) is 11.6 Å². The van der Waals surface area contributed by atoms with Gasteiger partial charge in [0.05, 0.1) is 33.0 Å². The summed E-state index contributed by atoms with van der Waals surface area (Å²) >= 11 is 3.47. The van der Waals surface area contributed by atoms with Crippen molar-refractivity contribution in [1.29, 1.82) is 0 Å². The number of nitrogens with one attached hydrogen (secondary N) is 1. The fourth-order valence-electron chi connectivity index (χ4n) is 5.00. The van der Waals surface area contributed by atoms with E-state index in [0.717, 1.165) is 14.6 Å². The molecule has 1 fully saturated rings. The zero-order chi connectivity index (χ0) is 29.3. The number of methoxy groups -OCH3 is 2. The van der Waals surface area contributed by atoms with Crippen LogP contribution in [0, 0.1) is 0 Å². The van der Waals surface area contributed by atoms with E-state index in [9.17, 15) is 14.4 Å². The number of piperazine rings is 1. The molecule has 1 amide bonds.